The minimum absolute atomic E-state index is 0.0951. The van der Waals surface area contributed by atoms with Crippen LogP contribution in [-0.2, 0) is 25.3 Å². The average Bonchev–Trinajstić information content (AvgIpc) is 2.61. The van der Waals surface area contributed by atoms with Gasteiger partial charge in [0, 0.05) is 18.8 Å². The first-order chi connectivity index (χ1) is 12.2. The fraction of sp³-hybridized carbons (Fsp3) is 0.471. The highest BCUT2D eigenvalue weighted by molar-refractivity contribution is 6.39. The van der Waals surface area contributed by atoms with Crippen LogP contribution < -0.4 is 5.32 Å². The van der Waals surface area contributed by atoms with Gasteiger partial charge in [-0.15, -0.1) is 0 Å². The molecule has 1 fully saturated rings. The number of amides is 2. The summed E-state index contributed by atoms with van der Waals surface area (Å²) in [5, 5.41) is 2.28. The Kier molecular flexibility index (Phi) is 6.23. The molecular formula is C17H19F3N2O4. The minimum atomic E-state index is -4.47. The van der Waals surface area contributed by atoms with E-state index in [9.17, 15) is 27.6 Å². The van der Waals surface area contributed by atoms with Gasteiger partial charge in [0.05, 0.1) is 18.1 Å². The lowest BCUT2D eigenvalue weighted by Gasteiger charge is -2.30. The Morgan fingerprint density at radius 1 is 1.15 bits per heavy atom. The van der Waals surface area contributed by atoms with Gasteiger partial charge in [-0.2, -0.15) is 13.2 Å². The van der Waals surface area contributed by atoms with E-state index in [0.717, 1.165) is 24.3 Å². The van der Waals surface area contributed by atoms with E-state index in [-0.39, 0.29) is 37.3 Å². The molecule has 1 N–H and O–H groups in total. The van der Waals surface area contributed by atoms with E-state index in [1.807, 2.05) is 0 Å². The lowest BCUT2D eigenvalue weighted by atomic mass is 9.97. The highest BCUT2D eigenvalue weighted by Crippen LogP contribution is 2.29. The lowest BCUT2D eigenvalue weighted by molar-refractivity contribution is -0.152. The van der Waals surface area contributed by atoms with Crippen molar-refractivity contribution in [2.24, 2.45) is 5.92 Å². The molecular weight excluding hydrogens is 353 g/mol. The number of benzene rings is 1. The maximum Gasteiger partial charge on any atom is 0.416 e. The van der Waals surface area contributed by atoms with E-state index in [4.69, 9.17) is 4.74 Å². The summed E-state index contributed by atoms with van der Waals surface area (Å²) in [6.45, 7) is 2.47. The van der Waals surface area contributed by atoms with Gasteiger partial charge in [0.25, 0.3) is 0 Å². The highest BCUT2D eigenvalue weighted by Gasteiger charge is 2.32. The van der Waals surface area contributed by atoms with Crippen LogP contribution in [0.5, 0.6) is 0 Å². The summed E-state index contributed by atoms with van der Waals surface area (Å²) < 4.78 is 42.5. The van der Waals surface area contributed by atoms with Crippen molar-refractivity contribution in [1.29, 1.82) is 0 Å². The van der Waals surface area contributed by atoms with E-state index >= 15 is 0 Å². The number of hydrogen-bond acceptors (Lipinski definition) is 4. The minimum Gasteiger partial charge on any atom is -0.466 e. The molecule has 0 aromatic heterocycles. The van der Waals surface area contributed by atoms with E-state index in [2.05, 4.69) is 5.32 Å². The van der Waals surface area contributed by atoms with E-state index in [1.165, 1.54) is 4.90 Å². The Balaban J connectivity index is 1.88. The maximum atomic E-state index is 12.5. The molecule has 1 aromatic rings. The van der Waals surface area contributed by atoms with Gasteiger partial charge in [-0.25, -0.2) is 0 Å². The van der Waals surface area contributed by atoms with Crippen molar-refractivity contribution in [3.05, 3.63) is 29.8 Å². The van der Waals surface area contributed by atoms with Gasteiger partial charge < -0.3 is 15.0 Å². The second-order valence-electron chi connectivity index (χ2n) is 5.85. The standard InChI is InChI=1S/C17H19F3N2O4/c1-2-26-16(25)11-7-9-22(10-8-11)15(24)14(23)21-13-5-3-12(4-6-13)17(18,19)20/h3-6,11H,2,7-10H2,1H3,(H,21,23). The van der Waals surface area contributed by atoms with Crippen LogP contribution in [0.2, 0.25) is 0 Å². The lowest BCUT2D eigenvalue weighted by Crippen LogP contribution is -2.45. The summed E-state index contributed by atoms with van der Waals surface area (Å²) in [7, 11) is 0. The molecule has 2 amide bonds. The SMILES string of the molecule is CCOC(=O)C1CCN(C(=O)C(=O)Nc2ccc(C(F)(F)F)cc2)CC1. The van der Waals surface area contributed by atoms with E-state index in [0.29, 0.717) is 12.8 Å². The number of ether oxygens (including phenoxy) is 1. The number of likely N-dealkylation sites (tertiary alicyclic amines) is 1. The number of piperidine rings is 1. The van der Waals surface area contributed by atoms with E-state index < -0.39 is 23.6 Å². The number of carbonyl (C=O) groups excluding carboxylic acids is 3. The summed E-state index contributed by atoms with van der Waals surface area (Å²) >= 11 is 0. The number of alkyl halides is 3. The van der Waals surface area contributed by atoms with Crippen molar-refractivity contribution < 1.29 is 32.3 Å². The fourth-order valence-electron chi connectivity index (χ4n) is 2.65. The Morgan fingerprint density at radius 2 is 1.73 bits per heavy atom. The van der Waals surface area contributed by atoms with Crippen LogP contribution in [0, 0.1) is 5.92 Å². The number of anilines is 1. The first kappa shape index (κ1) is 19.7. The van der Waals surface area contributed by atoms with Gasteiger partial charge in [0.15, 0.2) is 0 Å². The quantitative estimate of drug-likeness (QED) is 0.653. The summed E-state index contributed by atoms with van der Waals surface area (Å²) in [4.78, 5) is 37.1. The zero-order chi connectivity index (χ0) is 19.3. The van der Waals surface area contributed by atoms with Gasteiger partial charge in [-0.3, -0.25) is 14.4 Å². The molecule has 0 bridgehead atoms. The molecule has 1 aromatic carbocycles. The van der Waals surface area contributed by atoms with Crippen LogP contribution in [-0.4, -0.2) is 42.4 Å². The van der Waals surface area contributed by atoms with Crippen LogP contribution in [0.1, 0.15) is 25.3 Å². The molecule has 1 heterocycles. The van der Waals surface area contributed by atoms with E-state index in [1.54, 1.807) is 6.92 Å². The summed E-state index contributed by atoms with van der Waals surface area (Å²) in [5.74, 6) is -2.32. The molecule has 26 heavy (non-hydrogen) atoms. The Labute approximate surface area is 148 Å². The molecule has 6 nitrogen and oxygen atoms in total. The largest absolute Gasteiger partial charge is 0.466 e. The van der Waals surface area contributed by atoms with Gasteiger partial charge in [0.1, 0.15) is 0 Å². The predicted molar refractivity (Wildman–Crippen MR) is 86.0 cm³/mol. The van der Waals surface area contributed by atoms with Crippen molar-refractivity contribution in [1.82, 2.24) is 4.90 Å². The van der Waals surface area contributed by atoms with Crippen LogP contribution in [0.3, 0.4) is 0 Å². The third kappa shape index (κ3) is 4.96. The van der Waals surface area contributed by atoms with Gasteiger partial charge in [-0.1, -0.05) is 0 Å². The molecule has 0 spiro atoms. The smallest absolute Gasteiger partial charge is 0.416 e. The molecule has 0 radical (unpaired) electrons. The molecule has 2 rings (SSSR count). The molecule has 142 valence electrons. The monoisotopic (exact) mass is 372 g/mol. The normalized spacial score (nSPS) is 15.5. The van der Waals surface area contributed by atoms with Gasteiger partial charge in [-0.05, 0) is 44.0 Å². The number of nitrogens with zero attached hydrogens (tertiary/aromatic N) is 1. The van der Waals surface area contributed by atoms with Crippen molar-refractivity contribution in [2.45, 2.75) is 25.9 Å². The third-order valence-corrected chi connectivity index (χ3v) is 4.07. The highest BCUT2D eigenvalue weighted by atomic mass is 19.4. The second-order valence-corrected chi connectivity index (χ2v) is 5.85. The molecule has 0 atom stereocenters. The van der Waals surface area contributed by atoms with Crippen LogP contribution in [0.15, 0.2) is 24.3 Å². The molecule has 9 heteroatoms. The van der Waals surface area contributed by atoms with Gasteiger partial charge >= 0.3 is 24.0 Å². The number of esters is 1. The predicted octanol–water partition coefficient (Wildman–Crippen LogP) is 2.45. The maximum absolute atomic E-state index is 12.5. The number of hydrogen-bond donors (Lipinski definition) is 1. The number of nitrogens with one attached hydrogen (secondary N) is 1. The number of rotatable bonds is 3. The zero-order valence-corrected chi connectivity index (χ0v) is 14.1. The summed E-state index contributed by atoms with van der Waals surface area (Å²) in [6, 6.07) is 3.82. The Bertz CT molecular complexity index is 666. The summed E-state index contributed by atoms with van der Waals surface area (Å²) in [6.07, 6.45) is -3.67. The summed E-state index contributed by atoms with van der Waals surface area (Å²) in [5.41, 5.74) is -0.749. The van der Waals surface area contributed by atoms with Crippen molar-refractivity contribution in [2.75, 3.05) is 25.0 Å². The topological polar surface area (TPSA) is 75.7 Å². The van der Waals surface area contributed by atoms with Crippen LogP contribution in [0.4, 0.5) is 18.9 Å². The van der Waals surface area contributed by atoms with Crippen molar-refractivity contribution >= 4 is 23.5 Å². The molecule has 1 saturated heterocycles. The first-order valence-electron chi connectivity index (χ1n) is 8.16. The molecule has 0 saturated carbocycles. The Morgan fingerprint density at radius 3 is 2.23 bits per heavy atom. The van der Waals surface area contributed by atoms with Crippen molar-refractivity contribution in [3.8, 4) is 0 Å². The first-order valence-corrected chi connectivity index (χ1v) is 8.16. The van der Waals surface area contributed by atoms with Gasteiger partial charge in [0.2, 0.25) is 0 Å². The second kappa shape index (κ2) is 8.20. The fourth-order valence-corrected chi connectivity index (χ4v) is 2.65. The third-order valence-electron chi connectivity index (χ3n) is 4.07. The molecule has 0 aliphatic carbocycles. The Hall–Kier alpha value is -2.58. The van der Waals surface area contributed by atoms with Crippen LogP contribution in [0.25, 0.3) is 0 Å². The van der Waals surface area contributed by atoms with Crippen LogP contribution >= 0.6 is 0 Å². The number of halogens is 3. The molecule has 1 aliphatic rings. The zero-order valence-electron chi connectivity index (χ0n) is 14.1. The van der Waals surface area contributed by atoms with Crippen molar-refractivity contribution in [3.63, 3.8) is 0 Å². The number of carbonyl (C=O) groups is 3. The molecule has 0 unspecified atom stereocenters. The molecule has 1 aliphatic heterocycles. The average molecular weight is 372 g/mol.